The normalized spacial score (nSPS) is 16.0. The van der Waals surface area contributed by atoms with Gasteiger partial charge in [-0.05, 0) is 81.2 Å². The quantitative estimate of drug-likeness (QED) is 0.0348. The van der Waals surface area contributed by atoms with Crippen LogP contribution in [0.1, 0.15) is 125 Å². The van der Waals surface area contributed by atoms with Gasteiger partial charge in [-0.3, -0.25) is 24.0 Å². The number of ether oxygens (including phenoxy) is 8. The molecule has 0 bridgehead atoms. The van der Waals surface area contributed by atoms with Crippen LogP contribution in [0.25, 0.3) is 5.69 Å². The molecule has 4 rings (SSSR count). The molecule has 2 aromatic carbocycles. The summed E-state index contributed by atoms with van der Waals surface area (Å²) >= 11 is 0. The van der Waals surface area contributed by atoms with Gasteiger partial charge in [0.15, 0.2) is 11.9 Å². The number of carbonyl (C=O) groups excluding carboxylic acids is 6. The molecule has 0 radical (unpaired) electrons. The number of hydrogen-bond acceptors (Lipinski definition) is 17. The molecule has 0 saturated carbocycles. The number of rotatable bonds is 40. The van der Waals surface area contributed by atoms with Gasteiger partial charge < -0.3 is 57.9 Å². The zero-order chi connectivity index (χ0) is 65.6. The molecule has 1 aliphatic rings. The first-order valence-corrected chi connectivity index (χ1v) is 31.2. The number of likely N-dealkylation sites (tertiary alicyclic amines) is 1. The summed E-state index contributed by atoms with van der Waals surface area (Å²) in [5.74, 6) is 1.14. The van der Waals surface area contributed by atoms with Gasteiger partial charge in [0.2, 0.25) is 23.6 Å². The lowest BCUT2D eigenvalue weighted by Gasteiger charge is -2.41. The van der Waals surface area contributed by atoms with E-state index in [1.54, 1.807) is 68.5 Å². The fraction of sp³-hybridized carbons (Fsp3) is 0.657. The first-order valence-electron chi connectivity index (χ1n) is 31.2. The summed E-state index contributed by atoms with van der Waals surface area (Å²) < 4.78 is 47.7. The van der Waals surface area contributed by atoms with Crippen LogP contribution in [0.4, 0.5) is 0 Å². The van der Waals surface area contributed by atoms with E-state index in [9.17, 15) is 28.8 Å². The predicted octanol–water partition coefficient (Wildman–Crippen LogP) is 6.82. The van der Waals surface area contributed by atoms with Gasteiger partial charge in [0, 0.05) is 65.1 Å². The average Bonchev–Trinajstić information content (AvgIpc) is 2.78. The maximum Gasteiger partial charge on any atom is 0.329 e. The molecule has 0 spiro atoms. The molecule has 2 heterocycles. The fourth-order valence-electron chi connectivity index (χ4n) is 11.1. The molecule has 1 aromatic heterocycles. The summed E-state index contributed by atoms with van der Waals surface area (Å²) in [5.41, 5.74) is 2.29. The molecule has 492 valence electrons. The second kappa shape index (κ2) is 38.8. The number of Topliss-reactive ketones (excluding diaryl/α,β-unsaturated/α-hetero) is 1. The zero-order valence-electron chi connectivity index (χ0n) is 55.2. The number of ketones is 1. The summed E-state index contributed by atoms with van der Waals surface area (Å²) in [6.07, 6.45) is 2.43. The molecule has 9 atom stereocenters. The minimum Gasteiger partial charge on any atom is -0.458 e. The lowest BCUT2D eigenvalue weighted by atomic mass is 9.83. The van der Waals surface area contributed by atoms with Crippen LogP contribution in [0.15, 0.2) is 60.8 Å². The lowest BCUT2D eigenvalue weighted by molar-refractivity contribution is -0.159. The number of likely N-dealkylation sites (N-methyl/N-ethyl adjacent to an activating group) is 2. The Bertz CT molecular complexity index is 2750. The molecule has 22 nitrogen and oxygen atoms in total. The molecule has 1 N–H and O–H groups in total. The van der Waals surface area contributed by atoms with Gasteiger partial charge >= 0.3 is 5.97 Å². The molecular weight excluding hydrogens is 1140 g/mol. The van der Waals surface area contributed by atoms with Crippen LogP contribution in [-0.2, 0) is 79.7 Å². The van der Waals surface area contributed by atoms with Crippen molar-refractivity contribution in [3.63, 3.8) is 0 Å². The molecule has 1 aliphatic heterocycles. The number of carbonyl (C=O) groups is 6. The third kappa shape index (κ3) is 24.6. The van der Waals surface area contributed by atoms with Gasteiger partial charge in [0.1, 0.15) is 17.3 Å². The van der Waals surface area contributed by atoms with Crippen molar-refractivity contribution in [3.8, 4) is 23.6 Å². The molecule has 1 saturated heterocycles. The highest BCUT2D eigenvalue weighted by atomic mass is 16.6. The fourth-order valence-corrected chi connectivity index (χ4v) is 11.1. The second-order valence-electron chi connectivity index (χ2n) is 24.4. The smallest absolute Gasteiger partial charge is 0.329 e. The predicted molar refractivity (Wildman–Crippen MR) is 335 cm³/mol. The molecule has 3 aromatic rings. The van der Waals surface area contributed by atoms with Crippen molar-refractivity contribution in [2.24, 2.45) is 29.6 Å². The summed E-state index contributed by atoms with van der Waals surface area (Å²) in [7, 11) is 6.38. The summed E-state index contributed by atoms with van der Waals surface area (Å²) in [6.45, 7) is 22.3. The van der Waals surface area contributed by atoms with Crippen LogP contribution in [0.5, 0.6) is 0 Å². The van der Waals surface area contributed by atoms with Crippen LogP contribution < -0.4 is 5.32 Å². The SMILES string of the molecule is CC[C@H](C)[C@@H]([C@@H](CC(=O)N1CCC[C@H]1[C@H](OC)[C@@H](C)C(=O)N[C@@H](Cc1ccccc1)C(=O)OC(C)(C)C)OC)N(C)C(=O)[C@@H](CC(=O)[C@H](C(C)C)N(C)C(=O)CCOCCOCCOCCOCCOCc1cn(-c2ccc(C#CC#N)cc2)nn1)C(C)C. The van der Waals surface area contributed by atoms with E-state index >= 15 is 0 Å². The van der Waals surface area contributed by atoms with Crippen molar-refractivity contribution in [3.05, 3.63) is 77.6 Å². The van der Waals surface area contributed by atoms with E-state index in [1.807, 2.05) is 96.1 Å². The number of nitriles is 1. The van der Waals surface area contributed by atoms with Crippen LogP contribution in [0.3, 0.4) is 0 Å². The van der Waals surface area contributed by atoms with Crippen LogP contribution in [0.2, 0.25) is 0 Å². The van der Waals surface area contributed by atoms with Gasteiger partial charge in [-0.15, -0.1) is 5.10 Å². The highest BCUT2D eigenvalue weighted by Crippen LogP contribution is 2.32. The minimum atomic E-state index is -0.959. The number of esters is 1. The van der Waals surface area contributed by atoms with E-state index in [1.165, 1.54) is 19.1 Å². The van der Waals surface area contributed by atoms with E-state index in [-0.39, 0.29) is 86.8 Å². The summed E-state index contributed by atoms with van der Waals surface area (Å²) in [5, 5.41) is 19.8. The summed E-state index contributed by atoms with van der Waals surface area (Å²) in [6, 6.07) is 15.7. The van der Waals surface area contributed by atoms with Crippen molar-refractivity contribution >= 4 is 35.4 Å². The summed E-state index contributed by atoms with van der Waals surface area (Å²) in [4.78, 5) is 89.7. The Morgan fingerprint density at radius 1 is 0.775 bits per heavy atom. The van der Waals surface area contributed by atoms with Gasteiger partial charge in [-0.25, -0.2) is 9.48 Å². The number of nitrogens with one attached hydrogen (secondary N) is 1. The Hall–Kier alpha value is -6.63. The first kappa shape index (κ1) is 74.8. The number of methoxy groups -OCH3 is 2. The minimum absolute atomic E-state index is 0.0493. The van der Waals surface area contributed by atoms with E-state index in [4.69, 9.17) is 43.2 Å². The van der Waals surface area contributed by atoms with Crippen molar-refractivity contribution in [1.29, 1.82) is 5.26 Å². The molecule has 22 heteroatoms. The van der Waals surface area contributed by atoms with Crippen molar-refractivity contribution < 1.29 is 66.7 Å². The number of aromatic nitrogens is 3. The van der Waals surface area contributed by atoms with Gasteiger partial charge in [-0.1, -0.05) is 96.4 Å². The largest absolute Gasteiger partial charge is 0.458 e. The highest BCUT2D eigenvalue weighted by molar-refractivity contribution is 5.93. The highest BCUT2D eigenvalue weighted by Gasteiger charge is 2.44. The number of amides is 4. The van der Waals surface area contributed by atoms with E-state index in [0.29, 0.717) is 77.7 Å². The van der Waals surface area contributed by atoms with Crippen LogP contribution in [0, 0.1) is 52.8 Å². The first-order chi connectivity index (χ1) is 42.5. The van der Waals surface area contributed by atoms with Crippen molar-refractivity contribution in [2.75, 3.05) is 94.3 Å². The van der Waals surface area contributed by atoms with Gasteiger partial charge in [0.05, 0.1) is 127 Å². The zero-order valence-corrected chi connectivity index (χ0v) is 55.2. The van der Waals surface area contributed by atoms with E-state index in [2.05, 4.69) is 27.5 Å². The van der Waals surface area contributed by atoms with Gasteiger partial charge in [0.25, 0.3) is 0 Å². The van der Waals surface area contributed by atoms with Crippen molar-refractivity contribution in [1.82, 2.24) is 35.0 Å². The van der Waals surface area contributed by atoms with E-state index < -0.39 is 65.7 Å². The van der Waals surface area contributed by atoms with Crippen LogP contribution >= 0.6 is 0 Å². The Kier molecular flexibility index (Phi) is 32.6. The Labute approximate surface area is 528 Å². The molecule has 0 aliphatic carbocycles. The average molecular weight is 1240 g/mol. The standard InChI is InChI=1S/C67H100N8O14/c1-15-48(6)62(58(82-13)43-60(78)74-31-20-24-56(74)63(83-14)49(7)64(79)69-55(66(81)89-67(8,9)10)41-51-21-17-16-18-22-51)73(12)65(80)54(46(2)3)42-57(76)61(47(4)5)72(11)59(77)29-32-84-33-34-85-35-36-86-37-38-87-39-40-88-45-52-44-75(71-70-52)53-27-25-50(26-28-53)23-19-30-68/h16-18,21-22,25-28,44,46-49,54-56,58,61-63H,15,20,24,29,31-43,45H2,1-14H3,(H,69,79)/t48-,49+,54-,55-,56-,58+,61-,62-,63+/m0/s1. The third-order valence-electron chi connectivity index (χ3n) is 16.0. The monoisotopic (exact) mass is 1240 g/mol. The molecule has 1 fully saturated rings. The van der Waals surface area contributed by atoms with E-state index in [0.717, 1.165) is 16.8 Å². The molecular formula is C67H100N8O14. The molecule has 89 heavy (non-hydrogen) atoms. The maximum absolute atomic E-state index is 14.8. The number of benzene rings is 2. The Morgan fingerprint density at radius 3 is 1.93 bits per heavy atom. The Balaban J connectivity index is 1.21. The maximum atomic E-state index is 14.8. The molecule has 0 unspecified atom stereocenters. The lowest BCUT2D eigenvalue weighted by Crippen LogP contribution is -2.55. The second-order valence-corrected chi connectivity index (χ2v) is 24.4. The van der Waals surface area contributed by atoms with Gasteiger partial charge in [-0.2, -0.15) is 5.26 Å². The topological polar surface area (TPSA) is 253 Å². The molecule has 4 amide bonds. The number of hydrogen-bond donors (Lipinski definition) is 1. The van der Waals surface area contributed by atoms with Crippen LogP contribution in [-0.4, -0.2) is 201 Å². The Morgan fingerprint density at radius 2 is 1.38 bits per heavy atom. The number of nitrogens with zero attached hydrogens (tertiary/aromatic N) is 7. The third-order valence-corrected chi connectivity index (χ3v) is 16.0. The van der Waals surface area contributed by atoms with Crippen molar-refractivity contribution in [2.45, 2.75) is 163 Å².